The zero-order valence-electron chi connectivity index (χ0n) is 10.8. The van der Waals surface area contributed by atoms with E-state index in [-0.39, 0.29) is 0 Å². The van der Waals surface area contributed by atoms with Crippen LogP contribution < -0.4 is 5.32 Å². The van der Waals surface area contributed by atoms with Gasteiger partial charge in [-0.25, -0.2) is 0 Å². The fraction of sp³-hybridized carbons (Fsp3) is 0.385. The number of hydrogen-bond acceptors (Lipinski definition) is 5. The molecule has 18 heavy (non-hydrogen) atoms. The van der Waals surface area contributed by atoms with Gasteiger partial charge in [0.25, 0.3) is 0 Å². The van der Waals surface area contributed by atoms with E-state index in [9.17, 15) is 0 Å². The van der Waals surface area contributed by atoms with Crippen LogP contribution >= 0.6 is 23.1 Å². The van der Waals surface area contributed by atoms with Crippen molar-refractivity contribution in [2.75, 3.05) is 12.8 Å². The van der Waals surface area contributed by atoms with Crippen LogP contribution in [0, 0.1) is 13.8 Å². The highest BCUT2D eigenvalue weighted by molar-refractivity contribution is 8.01. The molecule has 0 spiro atoms. The van der Waals surface area contributed by atoms with Crippen molar-refractivity contribution in [3.8, 4) is 0 Å². The normalized spacial score (nSPS) is 12.6. The van der Waals surface area contributed by atoms with Crippen molar-refractivity contribution in [3.63, 3.8) is 0 Å². The van der Waals surface area contributed by atoms with Gasteiger partial charge in [-0.05, 0) is 32.0 Å². The Bertz CT molecular complexity index is 497. The minimum atomic E-state index is 0.346. The minimum absolute atomic E-state index is 0.346. The largest absolute Gasteiger partial charge is 0.312 e. The van der Waals surface area contributed by atoms with E-state index in [2.05, 4.69) is 47.6 Å². The SMILES string of the molecule is CNC(CSc1nncs1)c1cc(C)ccc1C. The van der Waals surface area contributed by atoms with Crippen LogP contribution in [-0.4, -0.2) is 23.0 Å². The standard InChI is InChI=1S/C13H17N3S2/c1-9-4-5-10(2)11(6-9)12(14-3)7-17-13-16-15-8-18-13/h4-6,8,12,14H,7H2,1-3H3. The molecule has 1 unspecified atom stereocenters. The summed E-state index contributed by atoms with van der Waals surface area (Å²) in [4.78, 5) is 0. The van der Waals surface area contributed by atoms with Crippen molar-refractivity contribution in [2.45, 2.75) is 24.2 Å². The molecule has 0 fully saturated rings. The van der Waals surface area contributed by atoms with Crippen LogP contribution in [0.2, 0.25) is 0 Å². The summed E-state index contributed by atoms with van der Waals surface area (Å²) >= 11 is 3.34. The van der Waals surface area contributed by atoms with Gasteiger partial charge in [-0.1, -0.05) is 46.9 Å². The molecule has 0 bridgehead atoms. The average molecular weight is 279 g/mol. The van der Waals surface area contributed by atoms with Gasteiger partial charge in [0, 0.05) is 11.8 Å². The Balaban J connectivity index is 2.10. The van der Waals surface area contributed by atoms with Crippen molar-refractivity contribution in [3.05, 3.63) is 40.4 Å². The molecule has 1 heterocycles. The molecule has 0 amide bonds. The number of nitrogens with one attached hydrogen (secondary N) is 1. The first-order valence-electron chi connectivity index (χ1n) is 5.84. The summed E-state index contributed by atoms with van der Waals surface area (Å²) in [5, 5.41) is 11.3. The first-order valence-corrected chi connectivity index (χ1v) is 7.70. The zero-order chi connectivity index (χ0) is 13.0. The number of benzene rings is 1. The van der Waals surface area contributed by atoms with Crippen LogP contribution in [0.1, 0.15) is 22.7 Å². The second-order valence-corrected chi connectivity index (χ2v) is 6.32. The number of aromatic nitrogens is 2. The number of nitrogens with zero attached hydrogens (tertiary/aromatic N) is 2. The molecular formula is C13H17N3S2. The lowest BCUT2D eigenvalue weighted by Gasteiger charge is -2.18. The number of thioether (sulfide) groups is 1. The molecule has 1 atom stereocenters. The summed E-state index contributed by atoms with van der Waals surface area (Å²) in [6, 6.07) is 6.95. The molecule has 0 aliphatic rings. The van der Waals surface area contributed by atoms with E-state index in [4.69, 9.17) is 0 Å². The number of hydrogen-bond donors (Lipinski definition) is 1. The molecule has 1 aromatic carbocycles. The Hall–Kier alpha value is -0.910. The molecule has 0 radical (unpaired) electrons. The molecular weight excluding hydrogens is 262 g/mol. The predicted octanol–water partition coefficient (Wildman–Crippen LogP) is 3.21. The first-order chi connectivity index (χ1) is 8.70. The zero-order valence-corrected chi connectivity index (χ0v) is 12.4. The van der Waals surface area contributed by atoms with Gasteiger partial charge >= 0.3 is 0 Å². The van der Waals surface area contributed by atoms with Gasteiger partial charge in [0.05, 0.1) is 0 Å². The molecule has 1 aromatic heterocycles. The summed E-state index contributed by atoms with van der Waals surface area (Å²) < 4.78 is 1.03. The lowest BCUT2D eigenvalue weighted by molar-refractivity contribution is 0.657. The lowest BCUT2D eigenvalue weighted by Crippen LogP contribution is -2.19. The Labute approximate surface area is 116 Å². The quantitative estimate of drug-likeness (QED) is 0.853. The Morgan fingerprint density at radius 3 is 2.89 bits per heavy atom. The third-order valence-electron chi connectivity index (χ3n) is 2.87. The van der Waals surface area contributed by atoms with Crippen molar-refractivity contribution in [1.29, 1.82) is 0 Å². The summed E-state index contributed by atoms with van der Waals surface area (Å²) in [5.41, 5.74) is 5.78. The highest BCUT2D eigenvalue weighted by Gasteiger charge is 2.13. The van der Waals surface area contributed by atoms with Crippen LogP contribution in [0.5, 0.6) is 0 Å². The van der Waals surface area contributed by atoms with Gasteiger partial charge in [0.15, 0.2) is 4.34 Å². The summed E-state index contributed by atoms with van der Waals surface area (Å²) in [5.74, 6) is 0.968. The summed E-state index contributed by atoms with van der Waals surface area (Å²) in [7, 11) is 2.01. The molecule has 3 nitrogen and oxygen atoms in total. The van der Waals surface area contributed by atoms with Gasteiger partial charge in [-0.3, -0.25) is 0 Å². The average Bonchev–Trinajstić information content (AvgIpc) is 2.87. The molecule has 5 heteroatoms. The number of rotatable bonds is 5. The molecule has 2 aromatic rings. The molecule has 96 valence electrons. The molecule has 1 N–H and O–H groups in total. The van der Waals surface area contributed by atoms with Gasteiger partial charge in [-0.15, -0.1) is 10.2 Å². The fourth-order valence-electron chi connectivity index (χ4n) is 1.84. The lowest BCUT2D eigenvalue weighted by atomic mass is 10.0. The molecule has 0 aliphatic carbocycles. The Kier molecular flexibility index (Phi) is 4.74. The van der Waals surface area contributed by atoms with Crippen LogP contribution in [0.3, 0.4) is 0 Å². The van der Waals surface area contributed by atoms with Crippen molar-refractivity contribution < 1.29 is 0 Å². The van der Waals surface area contributed by atoms with Crippen LogP contribution in [-0.2, 0) is 0 Å². The maximum absolute atomic E-state index is 4.06. The second-order valence-electron chi connectivity index (χ2n) is 4.22. The minimum Gasteiger partial charge on any atom is -0.312 e. The van der Waals surface area contributed by atoms with E-state index < -0.39 is 0 Å². The van der Waals surface area contributed by atoms with Gasteiger partial charge in [0.2, 0.25) is 0 Å². The van der Waals surface area contributed by atoms with Crippen LogP contribution in [0.15, 0.2) is 28.0 Å². The van der Waals surface area contributed by atoms with Crippen LogP contribution in [0.25, 0.3) is 0 Å². The molecule has 0 saturated carbocycles. The fourth-order valence-corrected chi connectivity index (χ4v) is 3.49. The monoisotopic (exact) mass is 279 g/mol. The van der Waals surface area contributed by atoms with Gasteiger partial charge in [0.1, 0.15) is 5.51 Å². The van der Waals surface area contributed by atoms with Crippen molar-refractivity contribution in [2.24, 2.45) is 0 Å². The Morgan fingerprint density at radius 2 is 2.22 bits per heavy atom. The highest BCUT2D eigenvalue weighted by atomic mass is 32.2. The Morgan fingerprint density at radius 1 is 1.39 bits per heavy atom. The third-order valence-corrected chi connectivity index (χ3v) is 4.83. The van der Waals surface area contributed by atoms with E-state index in [1.165, 1.54) is 16.7 Å². The second kappa shape index (κ2) is 6.31. The molecule has 0 aliphatic heterocycles. The maximum Gasteiger partial charge on any atom is 0.174 e. The topological polar surface area (TPSA) is 37.8 Å². The van der Waals surface area contributed by atoms with E-state index in [0.717, 1.165) is 10.1 Å². The molecule has 2 rings (SSSR count). The van der Waals surface area contributed by atoms with E-state index in [0.29, 0.717) is 6.04 Å². The summed E-state index contributed by atoms with van der Waals surface area (Å²) in [6.45, 7) is 4.29. The maximum atomic E-state index is 4.06. The van der Waals surface area contributed by atoms with E-state index >= 15 is 0 Å². The predicted molar refractivity (Wildman–Crippen MR) is 78.3 cm³/mol. The number of aryl methyl sites for hydroxylation is 2. The smallest absolute Gasteiger partial charge is 0.174 e. The van der Waals surface area contributed by atoms with E-state index in [1.54, 1.807) is 28.6 Å². The summed E-state index contributed by atoms with van der Waals surface area (Å²) in [6.07, 6.45) is 0. The molecule has 0 saturated heterocycles. The third kappa shape index (κ3) is 3.31. The first kappa shape index (κ1) is 13.5. The van der Waals surface area contributed by atoms with Gasteiger partial charge in [-0.2, -0.15) is 0 Å². The van der Waals surface area contributed by atoms with Crippen LogP contribution in [0.4, 0.5) is 0 Å². The van der Waals surface area contributed by atoms with Crippen molar-refractivity contribution in [1.82, 2.24) is 15.5 Å². The van der Waals surface area contributed by atoms with Gasteiger partial charge < -0.3 is 5.32 Å². The van der Waals surface area contributed by atoms with E-state index in [1.807, 2.05) is 7.05 Å². The highest BCUT2D eigenvalue weighted by Crippen LogP contribution is 2.27. The van der Waals surface area contributed by atoms with Crippen molar-refractivity contribution >= 4 is 23.1 Å².